The van der Waals surface area contributed by atoms with Crippen LogP contribution >= 0.6 is 0 Å². The van der Waals surface area contributed by atoms with Gasteiger partial charge in [-0.15, -0.1) is 0 Å². The molecular weight excluding hydrogens is 224 g/mol. The molecular formula is C15H10N2O. The number of aryl methyl sites for hydroxylation is 1. The molecule has 0 amide bonds. The van der Waals surface area contributed by atoms with Gasteiger partial charge in [-0.1, -0.05) is 6.07 Å². The molecule has 2 aromatic carbocycles. The Hall–Kier alpha value is -2.78. The van der Waals surface area contributed by atoms with Crippen LogP contribution in [-0.2, 0) is 0 Å². The van der Waals surface area contributed by atoms with Crippen LogP contribution in [0, 0.1) is 29.6 Å². The lowest BCUT2D eigenvalue weighted by Crippen LogP contribution is -1.89. The molecule has 0 heterocycles. The van der Waals surface area contributed by atoms with E-state index in [4.69, 9.17) is 15.3 Å². The first kappa shape index (κ1) is 11.7. The van der Waals surface area contributed by atoms with Crippen LogP contribution in [0.25, 0.3) is 0 Å². The van der Waals surface area contributed by atoms with Crippen molar-refractivity contribution in [3.8, 4) is 23.6 Å². The van der Waals surface area contributed by atoms with Crippen molar-refractivity contribution in [1.82, 2.24) is 0 Å². The number of ether oxygens (including phenoxy) is 1. The van der Waals surface area contributed by atoms with E-state index in [9.17, 15) is 0 Å². The molecule has 0 unspecified atom stereocenters. The first-order chi connectivity index (χ1) is 8.72. The van der Waals surface area contributed by atoms with E-state index in [0.717, 1.165) is 5.56 Å². The van der Waals surface area contributed by atoms with Crippen LogP contribution < -0.4 is 4.74 Å². The molecule has 0 N–H and O–H groups in total. The van der Waals surface area contributed by atoms with Crippen LogP contribution in [-0.4, -0.2) is 0 Å². The van der Waals surface area contributed by atoms with E-state index in [0.29, 0.717) is 22.6 Å². The highest BCUT2D eigenvalue weighted by Crippen LogP contribution is 2.26. The molecule has 0 aliphatic heterocycles. The third-order valence-corrected chi connectivity index (χ3v) is 2.47. The van der Waals surface area contributed by atoms with E-state index in [1.807, 2.05) is 25.1 Å². The second kappa shape index (κ2) is 5.03. The fourth-order valence-electron chi connectivity index (χ4n) is 1.53. The van der Waals surface area contributed by atoms with Gasteiger partial charge in [0, 0.05) is 0 Å². The van der Waals surface area contributed by atoms with Crippen LogP contribution in [0.3, 0.4) is 0 Å². The third kappa shape index (κ3) is 2.48. The molecule has 0 aromatic heterocycles. The molecule has 18 heavy (non-hydrogen) atoms. The lowest BCUT2D eigenvalue weighted by Gasteiger charge is -2.08. The van der Waals surface area contributed by atoms with E-state index in [2.05, 4.69) is 6.07 Å². The summed E-state index contributed by atoms with van der Waals surface area (Å²) in [5, 5.41) is 17.7. The molecule has 2 aromatic rings. The predicted octanol–water partition coefficient (Wildman–Crippen LogP) is 3.53. The van der Waals surface area contributed by atoms with Crippen molar-refractivity contribution in [3.63, 3.8) is 0 Å². The van der Waals surface area contributed by atoms with Gasteiger partial charge in [0.15, 0.2) is 0 Å². The first-order valence-corrected chi connectivity index (χ1v) is 5.41. The zero-order valence-corrected chi connectivity index (χ0v) is 9.84. The summed E-state index contributed by atoms with van der Waals surface area (Å²) < 4.78 is 5.65. The monoisotopic (exact) mass is 234 g/mol. The van der Waals surface area contributed by atoms with Gasteiger partial charge in [0.2, 0.25) is 0 Å². The molecule has 0 spiro atoms. The number of rotatable bonds is 2. The average molecular weight is 234 g/mol. The summed E-state index contributed by atoms with van der Waals surface area (Å²) in [5.74, 6) is 1.14. The average Bonchev–Trinajstić information content (AvgIpc) is 2.40. The molecule has 0 aliphatic rings. The maximum atomic E-state index is 9.00. The van der Waals surface area contributed by atoms with Crippen LogP contribution in [0.15, 0.2) is 42.5 Å². The van der Waals surface area contributed by atoms with Gasteiger partial charge in [-0.05, 0) is 48.9 Å². The fraction of sp³-hybridized carbons (Fsp3) is 0.0667. The second-order valence-electron chi connectivity index (χ2n) is 3.85. The Morgan fingerprint density at radius 2 is 1.67 bits per heavy atom. The first-order valence-electron chi connectivity index (χ1n) is 5.41. The normalized spacial score (nSPS) is 9.28. The summed E-state index contributed by atoms with van der Waals surface area (Å²) in [4.78, 5) is 0. The molecule has 0 saturated carbocycles. The van der Waals surface area contributed by atoms with Crippen LogP contribution in [0.4, 0.5) is 0 Å². The Morgan fingerprint density at radius 1 is 0.944 bits per heavy atom. The summed E-state index contributed by atoms with van der Waals surface area (Å²) in [5.41, 5.74) is 2.09. The van der Waals surface area contributed by atoms with Gasteiger partial charge in [0.25, 0.3) is 0 Å². The minimum atomic E-state index is 0.491. The molecule has 86 valence electrons. The zero-order valence-electron chi connectivity index (χ0n) is 9.84. The van der Waals surface area contributed by atoms with E-state index in [-0.39, 0.29) is 0 Å². The van der Waals surface area contributed by atoms with Gasteiger partial charge >= 0.3 is 0 Å². The molecule has 3 nitrogen and oxygen atoms in total. The van der Waals surface area contributed by atoms with E-state index in [1.54, 1.807) is 30.3 Å². The van der Waals surface area contributed by atoms with Gasteiger partial charge in [0.1, 0.15) is 17.6 Å². The number of hydrogen-bond acceptors (Lipinski definition) is 3. The molecule has 0 bridgehead atoms. The summed E-state index contributed by atoms with van der Waals surface area (Å²) in [6.07, 6.45) is 0. The highest BCUT2D eigenvalue weighted by molar-refractivity contribution is 5.47. The summed E-state index contributed by atoms with van der Waals surface area (Å²) >= 11 is 0. The number of hydrogen-bond donors (Lipinski definition) is 0. The predicted molar refractivity (Wildman–Crippen MR) is 67.1 cm³/mol. The van der Waals surface area contributed by atoms with Gasteiger partial charge in [-0.25, -0.2) is 0 Å². The number of nitrogens with zero attached hydrogens (tertiary/aromatic N) is 2. The molecule has 2 rings (SSSR count). The summed E-state index contributed by atoms with van der Waals surface area (Å²) in [6.45, 7) is 1.94. The summed E-state index contributed by atoms with van der Waals surface area (Å²) in [6, 6.07) is 16.3. The molecule has 3 heteroatoms. The van der Waals surface area contributed by atoms with E-state index >= 15 is 0 Å². The maximum Gasteiger partial charge on any atom is 0.145 e. The van der Waals surface area contributed by atoms with Crippen LogP contribution in [0.5, 0.6) is 11.5 Å². The minimum Gasteiger partial charge on any atom is -0.456 e. The maximum absolute atomic E-state index is 9.00. The highest BCUT2D eigenvalue weighted by Gasteiger charge is 2.05. The Kier molecular flexibility index (Phi) is 3.27. The van der Waals surface area contributed by atoms with E-state index in [1.165, 1.54) is 0 Å². The minimum absolute atomic E-state index is 0.491. The Labute approximate surface area is 105 Å². The fourth-order valence-corrected chi connectivity index (χ4v) is 1.53. The molecule has 0 saturated heterocycles. The Balaban J connectivity index is 2.31. The Morgan fingerprint density at radius 3 is 2.28 bits per heavy atom. The van der Waals surface area contributed by atoms with Crippen molar-refractivity contribution in [2.24, 2.45) is 0 Å². The number of nitriles is 2. The highest BCUT2D eigenvalue weighted by atomic mass is 16.5. The largest absolute Gasteiger partial charge is 0.456 e. The lowest BCUT2D eigenvalue weighted by atomic mass is 10.1. The quantitative estimate of drug-likeness (QED) is 0.798. The van der Waals surface area contributed by atoms with Crippen molar-refractivity contribution in [2.75, 3.05) is 0 Å². The molecule has 0 fully saturated rings. The van der Waals surface area contributed by atoms with Crippen LogP contribution in [0.1, 0.15) is 16.7 Å². The molecule has 0 atom stereocenters. The lowest BCUT2D eigenvalue weighted by molar-refractivity contribution is 0.480. The Bertz CT molecular complexity index is 646. The van der Waals surface area contributed by atoms with Crippen LogP contribution in [0.2, 0.25) is 0 Å². The van der Waals surface area contributed by atoms with Gasteiger partial charge in [-0.2, -0.15) is 10.5 Å². The second-order valence-corrected chi connectivity index (χ2v) is 3.85. The zero-order chi connectivity index (χ0) is 13.0. The number of benzene rings is 2. The molecule has 0 aliphatic carbocycles. The third-order valence-electron chi connectivity index (χ3n) is 2.47. The van der Waals surface area contributed by atoms with E-state index < -0.39 is 0 Å². The van der Waals surface area contributed by atoms with Crippen molar-refractivity contribution < 1.29 is 4.74 Å². The SMILES string of the molecule is Cc1ccc(C#N)c(Oc2ccc(C#N)cc2)c1. The molecule has 0 radical (unpaired) electrons. The van der Waals surface area contributed by atoms with Crippen molar-refractivity contribution in [1.29, 1.82) is 10.5 Å². The standard InChI is InChI=1S/C15H10N2O/c1-11-2-5-13(10-17)15(8-11)18-14-6-3-12(9-16)4-7-14/h2-8H,1H3. The van der Waals surface area contributed by atoms with Crippen molar-refractivity contribution in [3.05, 3.63) is 59.2 Å². The van der Waals surface area contributed by atoms with Gasteiger partial charge in [-0.3, -0.25) is 0 Å². The topological polar surface area (TPSA) is 56.8 Å². The summed E-state index contributed by atoms with van der Waals surface area (Å²) in [7, 11) is 0. The van der Waals surface area contributed by atoms with Gasteiger partial charge < -0.3 is 4.74 Å². The van der Waals surface area contributed by atoms with Crippen molar-refractivity contribution in [2.45, 2.75) is 6.92 Å². The smallest absolute Gasteiger partial charge is 0.145 e. The van der Waals surface area contributed by atoms with Gasteiger partial charge in [0.05, 0.1) is 17.2 Å². The van der Waals surface area contributed by atoms with Crippen molar-refractivity contribution >= 4 is 0 Å².